The van der Waals surface area contributed by atoms with E-state index in [2.05, 4.69) is 21.3 Å². The molecule has 1 saturated heterocycles. The van der Waals surface area contributed by atoms with Gasteiger partial charge in [-0.05, 0) is 63.1 Å². The lowest BCUT2D eigenvalue weighted by Gasteiger charge is -2.34. The number of amides is 5. The monoisotopic (exact) mass is 603 g/mol. The van der Waals surface area contributed by atoms with Crippen LogP contribution in [0.1, 0.15) is 85.6 Å². The summed E-state index contributed by atoms with van der Waals surface area (Å²) in [5.74, 6) is -3.10. The van der Waals surface area contributed by atoms with E-state index in [0.717, 1.165) is 18.4 Å². The molecule has 4 N–H and O–H groups in total. The van der Waals surface area contributed by atoms with Crippen molar-refractivity contribution in [3.63, 3.8) is 0 Å². The quantitative estimate of drug-likeness (QED) is 0.303. The Bertz CT molecular complexity index is 1170. The van der Waals surface area contributed by atoms with Crippen molar-refractivity contribution in [2.45, 2.75) is 104 Å². The number of hydrogen-bond acceptors (Lipinski definition) is 5. The van der Waals surface area contributed by atoms with Crippen molar-refractivity contribution in [1.29, 1.82) is 0 Å². The lowest BCUT2D eigenvalue weighted by atomic mass is 9.85. The first-order valence-electron chi connectivity index (χ1n) is 14.8. The third-order valence-corrected chi connectivity index (χ3v) is 7.74. The summed E-state index contributed by atoms with van der Waals surface area (Å²) in [6.45, 7) is 13.4. The Morgan fingerprint density at radius 1 is 0.952 bits per heavy atom. The predicted octanol–water partition coefficient (Wildman–Crippen LogP) is 3.53. The molecule has 2 aliphatic rings. The zero-order valence-corrected chi connectivity index (χ0v) is 26.6. The minimum Gasteiger partial charge on any atom is -0.347 e. The zero-order chi connectivity index (χ0) is 31.4. The number of benzene rings is 1. The van der Waals surface area contributed by atoms with E-state index in [4.69, 9.17) is 11.6 Å². The normalized spacial score (nSPS) is 20.3. The fourth-order valence-electron chi connectivity index (χ4n) is 5.11. The largest absolute Gasteiger partial charge is 0.347 e. The zero-order valence-electron chi connectivity index (χ0n) is 25.8. The number of nitrogens with zero attached hydrogens (tertiary/aromatic N) is 1. The van der Waals surface area contributed by atoms with Crippen LogP contribution < -0.4 is 21.3 Å². The molecule has 1 aromatic rings. The molecule has 1 aliphatic carbocycles. The standard InChI is InChI=1S/C31H46ClN5O5/c1-8-9-23(24(38)27(40)33-20-14-15-20)34-26(39)22-17-37(16-21(22)18-10-12-19(32)13-11-18)28(41)25(30(2,3)4)35-29(42)36-31(5,6)7/h10-13,20-23,25H,8-9,14-17H2,1-7H3,(H,33,40)(H,34,39)(H2,35,36,42)/t21-,22+,23+,25+/m0/s1. The molecule has 1 aliphatic heterocycles. The van der Waals surface area contributed by atoms with Crippen LogP contribution in [0.4, 0.5) is 4.79 Å². The van der Waals surface area contributed by atoms with E-state index in [1.165, 1.54) is 0 Å². The lowest BCUT2D eigenvalue weighted by Crippen LogP contribution is -2.58. The van der Waals surface area contributed by atoms with Gasteiger partial charge in [0, 0.05) is 35.6 Å². The van der Waals surface area contributed by atoms with Gasteiger partial charge in [0.1, 0.15) is 6.04 Å². The van der Waals surface area contributed by atoms with Crippen LogP contribution in [0.25, 0.3) is 0 Å². The summed E-state index contributed by atoms with van der Waals surface area (Å²) in [7, 11) is 0. The van der Waals surface area contributed by atoms with Gasteiger partial charge in [-0.3, -0.25) is 19.2 Å². The smallest absolute Gasteiger partial charge is 0.315 e. The molecule has 2 fully saturated rings. The molecule has 1 heterocycles. The summed E-state index contributed by atoms with van der Waals surface area (Å²) in [6.07, 6.45) is 2.61. The summed E-state index contributed by atoms with van der Waals surface area (Å²) < 4.78 is 0. The van der Waals surface area contributed by atoms with Gasteiger partial charge in [0.2, 0.25) is 17.6 Å². The van der Waals surface area contributed by atoms with Crippen LogP contribution in [0.3, 0.4) is 0 Å². The highest BCUT2D eigenvalue weighted by Crippen LogP contribution is 2.35. The number of carbonyl (C=O) groups is 5. The second-order valence-electron chi connectivity index (χ2n) is 13.6. The number of likely N-dealkylation sites (tertiary alicyclic amines) is 1. The van der Waals surface area contributed by atoms with Crippen molar-refractivity contribution in [3.8, 4) is 0 Å². The number of Topliss-reactive ketones (excluding diaryl/α,β-unsaturated/α-hetero) is 1. The van der Waals surface area contributed by atoms with Gasteiger partial charge in [0.25, 0.3) is 5.91 Å². The lowest BCUT2D eigenvalue weighted by molar-refractivity contribution is -0.140. The predicted molar refractivity (Wildman–Crippen MR) is 162 cm³/mol. The number of nitrogens with one attached hydrogen (secondary N) is 4. The minimum absolute atomic E-state index is 0.0259. The Kier molecular flexibility index (Phi) is 10.7. The third-order valence-electron chi connectivity index (χ3n) is 7.49. The highest BCUT2D eigenvalue weighted by molar-refractivity contribution is 6.38. The fraction of sp³-hybridized carbons (Fsp3) is 0.645. The molecular formula is C31H46ClN5O5. The van der Waals surface area contributed by atoms with Crippen LogP contribution in [-0.2, 0) is 19.2 Å². The van der Waals surface area contributed by atoms with Gasteiger partial charge < -0.3 is 26.2 Å². The van der Waals surface area contributed by atoms with Crippen molar-refractivity contribution in [1.82, 2.24) is 26.2 Å². The second-order valence-corrected chi connectivity index (χ2v) is 14.1. The molecule has 42 heavy (non-hydrogen) atoms. The maximum Gasteiger partial charge on any atom is 0.315 e. The minimum atomic E-state index is -0.957. The van der Waals surface area contributed by atoms with Gasteiger partial charge in [-0.15, -0.1) is 0 Å². The molecule has 5 amide bonds. The third kappa shape index (κ3) is 9.18. The molecule has 3 rings (SSSR count). The van der Waals surface area contributed by atoms with E-state index in [1.807, 2.05) is 60.6 Å². The van der Waals surface area contributed by atoms with Crippen LogP contribution in [0, 0.1) is 11.3 Å². The SMILES string of the molecule is CCC[C@@H](NC(=O)[C@@H]1CN(C(=O)[C@@H](NC(=O)NC(C)(C)C)C(C)(C)C)C[C@H]1c1ccc(Cl)cc1)C(=O)C(=O)NC1CC1. The first-order valence-corrected chi connectivity index (χ1v) is 15.2. The summed E-state index contributed by atoms with van der Waals surface area (Å²) >= 11 is 6.13. The average Bonchev–Trinajstić information content (AvgIpc) is 3.58. The summed E-state index contributed by atoms with van der Waals surface area (Å²) in [5.41, 5.74) is -0.283. The van der Waals surface area contributed by atoms with E-state index < -0.39 is 52.6 Å². The summed E-state index contributed by atoms with van der Waals surface area (Å²) in [5, 5.41) is 11.8. The van der Waals surface area contributed by atoms with Gasteiger partial charge in [0.05, 0.1) is 12.0 Å². The molecule has 1 aromatic carbocycles. The molecule has 232 valence electrons. The van der Waals surface area contributed by atoms with E-state index in [0.29, 0.717) is 17.9 Å². The number of carbonyl (C=O) groups excluding carboxylic acids is 5. The Balaban J connectivity index is 1.85. The Morgan fingerprint density at radius 3 is 2.10 bits per heavy atom. The molecule has 0 unspecified atom stereocenters. The van der Waals surface area contributed by atoms with Crippen molar-refractivity contribution >= 4 is 41.1 Å². The van der Waals surface area contributed by atoms with Gasteiger partial charge >= 0.3 is 6.03 Å². The molecule has 11 heteroatoms. The topological polar surface area (TPSA) is 137 Å². The van der Waals surface area contributed by atoms with Crippen molar-refractivity contribution in [2.75, 3.05) is 13.1 Å². The summed E-state index contributed by atoms with van der Waals surface area (Å²) in [6, 6.07) is 4.89. The van der Waals surface area contributed by atoms with Crippen LogP contribution >= 0.6 is 11.6 Å². The van der Waals surface area contributed by atoms with Crippen LogP contribution in [0.15, 0.2) is 24.3 Å². The number of rotatable bonds is 10. The van der Waals surface area contributed by atoms with Gasteiger partial charge in [-0.25, -0.2) is 4.79 Å². The van der Waals surface area contributed by atoms with E-state index >= 15 is 0 Å². The highest BCUT2D eigenvalue weighted by atomic mass is 35.5. The molecule has 0 spiro atoms. The van der Waals surface area contributed by atoms with Crippen LogP contribution in [0.2, 0.25) is 5.02 Å². The number of hydrogen-bond donors (Lipinski definition) is 4. The first kappa shape index (κ1) is 33.4. The molecule has 1 saturated carbocycles. The van der Waals surface area contributed by atoms with Crippen molar-refractivity contribution < 1.29 is 24.0 Å². The van der Waals surface area contributed by atoms with Gasteiger partial charge in [-0.1, -0.05) is 57.8 Å². The van der Waals surface area contributed by atoms with Crippen molar-refractivity contribution in [3.05, 3.63) is 34.9 Å². The van der Waals surface area contributed by atoms with Crippen LogP contribution in [-0.4, -0.2) is 71.2 Å². The molecule has 10 nitrogen and oxygen atoms in total. The number of urea groups is 1. The Labute approximate surface area is 254 Å². The molecule has 4 atom stereocenters. The average molecular weight is 604 g/mol. The Morgan fingerprint density at radius 2 is 1.57 bits per heavy atom. The Hall–Kier alpha value is -3.14. The maximum atomic E-state index is 13.9. The highest BCUT2D eigenvalue weighted by Gasteiger charge is 2.45. The van der Waals surface area contributed by atoms with Crippen LogP contribution in [0.5, 0.6) is 0 Å². The van der Waals surface area contributed by atoms with Crippen molar-refractivity contribution in [2.24, 2.45) is 11.3 Å². The molecule has 0 bridgehead atoms. The van der Waals surface area contributed by atoms with Gasteiger partial charge in [0.15, 0.2) is 0 Å². The second kappa shape index (κ2) is 13.4. The van der Waals surface area contributed by atoms with Gasteiger partial charge in [-0.2, -0.15) is 0 Å². The van der Waals surface area contributed by atoms with E-state index in [1.54, 1.807) is 17.0 Å². The molecule has 0 radical (unpaired) electrons. The maximum absolute atomic E-state index is 13.9. The molecular weight excluding hydrogens is 558 g/mol. The number of ketones is 1. The fourth-order valence-corrected chi connectivity index (χ4v) is 5.24. The number of halogens is 1. The first-order chi connectivity index (χ1) is 19.5. The summed E-state index contributed by atoms with van der Waals surface area (Å²) in [4.78, 5) is 67.5. The molecule has 0 aromatic heterocycles. The van der Waals surface area contributed by atoms with E-state index in [-0.39, 0.29) is 31.0 Å². The van der Waals surface area contributed by atoms with E-state index in [9.17, 15) is 24.0 Å².